The zero-order chi connectivity index (χ0) is 31.6. The van der Waals surface area contributed by atoms with Crippen LogP contribution < -0.4 is 20.3 Å². The largest absolute Gasteiger partial charge is 0.489 e. The van der Waals surface area contributed by atoms with Crippen molar-refractivity contribution in [2.45, 2.75) is 50.3 Å². The minimum absolute atomic E-state index is 0.0199. The minimum atomic E-state index is -4.19. The van der Waals surface area contributed by atoms with E-state index >= 15 is 0 Å². The standard InChI is InChI=1S/C33H41F4N5O3/c34-26-17-24(18-27(20-26)40-11-9-38-10-12-40)32(44)42-15-13-41(14-16-42)31(43)23-3-6-30(45-28-7-8-39-21-28)29(19-23)22-1-4-25(5-2-22)33(35,36)37/h3,6,17-20,22,25,28,38-39H,1-2,4-5,7-16,21H2. The van der Waals surface area contributed by atoms with E-state index in [1.807, 2.05) is 0 Å². The summed E-state index contributed by atoms with van der Waals surface area (Å²) in [6.07, 6.45) is -2.46. The molecule has 3 saturated heterocycles. The number of hydrogen-bond donors (Lipinski definition) is 2. The Morgan fingerprint density at radius 2 is 1.42 bits per heavy atom. The van der Waals surface area contributed by atoms with Crippen LogP contribution in [0, 0.1) is 11.7 Å². The molecule has 8 nitrogen and oxygen atoms in total. The van der Waals surface area contributed by atoms with Crippen LogP contribution in [0.3, 0.4) is 0 Å². The summed E-state index contributed by atoms with van der Waals surface area (Å²) in [7, 11) is 0. The Hall–Kier alpha value is -3.38. The van der Waals surface area contributed by atoms with Crippen molar-refractivity contribution in [1.82, 2.24) is 20.4 Å². The van der Waals surface area contributed by atoms with Gasteiger partial charge in [-0.15, -0.1) is 0 Å². The number of nitrogens with zero attached hydrogens (tertiary/aromatic N) is 3. The third-order valence-corrected chi connectivity index (χ3v) is 9.66. The maximum Gasteiger partial charge on any atom is 0.391 e. The van der Waals surface area contributed by atoms with Crippen molar-refractivity contribution in [3.63, 3.8) is 0 Å². The topological polar surface area (TPSA) is 77.2 Å². The Morgan fingerprint density at radius 3 is 2.04 bits per heavy atom. The van der Waals surface area contributed by atoms with Gasteiger partial charge in [0.15, 0.2) is 0 Å². The average Bonchev–Trinajstić information content (AvgIpc) is 3.57. The monoisotopic (exact) mass is 631 g/mol. The number of alkyl halides is 3. The number of benzene rings is 2. The van der Waals surface area contributed by atoms with E-state index in [4.69, 9.17) is 4.74 Å². The second kappa shape index (κ2) is 13.5. The average molecular weight is 632 g/mol. The molecule has 0 aromatic heterocycles. The zero-order valence-electron chi connectivity index (χ0n) is 25.4. The summed E-state index contributed by atoms with van der Waals surface area (Å²) >= 11 is 0. The summed E-state index contributed by atoms with van der Waals surface area (Å²) in [4.78, 5) is 32.4. The van der Waals surface area contributed by atoms with Crippen molar-refractivity contribution in [2.75, 3.05) is 70.3 Å². The highest BCUT2D eigenvalue weighted by molar-refractivity contribution is 5.96. The Labute approximate surface area is 261 Å². The quantitative estimate of drug-likeness (QED) is 0.461. The van der Waals surface area contributed by atoms with Gasteiger partial charge in [0.05, 0.1) is 5.92 Å². The SMILES string of the molecule is O=C(c1cc(F)cc(N2CCNCC2)c1)N1CCN(C(=O)c2ccc(OC3CCNC3)c(C3CCC(C(F)(F)F)CC3)c2)CC1. The number of hydrogen-bond acceptors (Lipinski definition) is 6. The van der Waals surface area contributed by atoms with E-state index < -0.39 is 17.9 Å². The fourth-order valence-electron chi connectivity index (χ4n) is 7.03. The normalized spacial score (nSPS) is 24.5. The van der Waals surface area contributed by atoms with Gasteiger partial charge in [-0.05, 0) is 86.5 Å². The van der Waals surface area contributed by atoms with Crippen LogP contribution in [0.5, 0.6) is 5.75 Å². The number of nitrogens with one attached hydrogen (secondary N) is 2. The molecule has 2 aromatic rings. The van der Waals surface area contributed by atoms with Crippen LogP contribution in [0.2, 0.25) is 0 Å². The van der Waals surface area contributed by atoms with Crippen LogP contribution in [0.1, 0.15) is 64.3 Å². The molecule has 4 fully saturated rings. The molecular formula is C33H41F4N5O3. The molecule has 2 N–H and O–H groups in total. The molecule has 1 aliphatic carbocycles. The van der Waals surface area contributed by atoms with E-state index in [0.717, 1.165) is 44.7 Å². The summed E-state index contributed by atoms with van der Waals surface area (Å²) < 4.78 is 60.9. The maximum absolute atomic E-state index is 14.5. The fourth-order valence-corrected chi connectivity index (χ4v) is 7.03. The number of carbonyl (C=O) groups is 2. The van der Waals surface area contributed by atoms with Crippen LogP contribution in [0.25, 0.3) is 0 Å². The van der Waals surface area contributed by atoms with E-state index in [-0.39, 0.29) is 36.7 Å². The molecule has 0 radical (unpaired) electrons. The highest BCUT2D eigenvalue weighted by Crippen LogP contribution is 2.45. The van der Waals surface area contributed by atoms with Gasteiger partial charge in [-0.25, -0.2) is 4.39 Å². The second-order valence-electron chi connectivity index (χ2n) is 12.6. The molecule has 12 heteroatoms. The van der Waals surface area contributed by atoms with Crippen molar-refractivity contribution < 1.29 is 31.9 Å². The molecule has 1 saturated carbocycles. The highest BCUT2D eigenvalue weighted by Gasteiger charge is 2.42. The van der Waals surface area contributed by atoms with Gasteiger partial charge in [-0.3, -0.25) is 9.59 Å². The lowest BCUT2D eigenvalue weighted by Crippen LogP contribution is -2.50. The second-order valence-corrected chi connectivity index (χ2v) is 12.6. The lowest BCUT2D eigenvalue weighted by atomic mass is 9.78. The Morgan fingerprint density at radius 1 is 0.756 bits per heavy atom. The van der Waals surface area contributed by atoms with E-state index in [1.54, 1.807) is 34.1 Å². The van der Waals surface area contributed by atoms with Crippen LogP contribution in [0.15, 0.2) is 36.4 Å². The van der Waals surface area contributed by atoms with Crippen molar-refractivity contribution >= 4 is 17.5 Å². The third kappa shape index (κ3) is 7.38. The highest BCUT2D eigenvalue weighted by atomic mass is 19.4. The first-order valence-corrected chi connectivity index (χ1v) is 16.1. The molecule has 2 aromatic carbocycles. The van der Waals surface area contributed by atoms with Gasteiger partial charge < -0.3 is 30.1 Å². The van der Waals surface area contributed by atoms with Gasteiger partial charge in [0.25, 0.3) is 11.8 Å². The number of piperazine rings is 2. The molecule has 45 heavy (non-hydrogen) atoms. The number of carbonyl (C=O) groups excluding carboxylic acids is 2. The fraction of sp³-hybridized carbons (Fsp3) is 0.576. The Kier molecular flexibility index (Phi) is 9.51. The summed E-state index contributed by atoms with van der Waals surface area (Å²) in [5.41, 5.74) is 2.24. The zero-order valence-corrected chi connectivity index (χ0v) is 25.4. The van der Waals surface area contributed by atoms with E-state index in [2.05, 4.69) is 15.5 Å². The smallest absolute Gasteiger partial charge is 0.391 e. The number of rotatable bonds is 6. The van der Waals surface area contributed by atoms with Gasteiger partial charge in [-0.2, -0.15) is 13.2 Å². The van der Waals surface area contributed by atoms with E-state index in [0.29, 0.717) is 68.1 Å². The Balaban J connectivity index is 1.12. The molecule has 6 rings (SSSR count). The van der Waals surface area contributed by atoms with Gasteiger partial charge in [0.2, 0.25) is 0 Å². The predicted octanol–water partition coefficient (Wildman–Crippen LogP) is 4.41. The predicted molar refractivity (Wildman–Crippen MR) is 162 cm³/mol. The molecule has 0 spiro atoms. The lowest BCUT2D eigenvalue weighted by Gasteiger charge is -2.35. The first-order valence-electron chi connectivity index (χ1n) is 16.1. The van der Waals surface area contributed by atoms with E-state index in [9.17, 15) is 27.2 Å². The molecule has 0 bridgehead atoms. The molecular weight excluding hydrogens is 590 g/mol. The molecule has 244 valence electrons. The number of anilines is 1. The van der Waals surface area contributed by atoms with Crippen LogP contribution in [0.4, 0.5) is 23.2 Å². The van der Waals surface area contributed by atoms with Crippen LogP contribution in [-0.2, 0) is 0 Å². The van der Waals surface area contributed by atoms with Crippen LogP contribution >= 0.6 is 0 Å². The third-order valence-electron chi connectivity index (χ3n) is 9.66. The summed E-state index contributed by atoms with van der Waals surface area (Å²) in [5.74, 6) is -1.68. The number of ether oxygens (including phenoxy) is 1. The number of halogens is 4. The van der Waals surface area contributed by atoms with Gasteiger partial charge in [0.1, 0.15) is 17.7 Å². The molecule has 4 aliphatic rings. The first kappa shape index (κ1) is 31.6. The minimum Gasteiger partial charge on any atom is -0.489 e. The van der Waals surface area contributed by atoms with Crippen molar-refractivity contribution in [1.29, 1.82) is 0 Å². The van der Waals surface area contributed by atoms with E-state index in [1.165, 1.54) is 12.1 Å². The van der Waals surface area contributed by atoms with Gasteiger partial charge in [0, 0.05) is 75.7 Å². The molecule has 2 amide bonds. The van der Waals surface area contributed by atoms with Crippen molar-refractivity contribution in [3.05, 3.63) is 58.9 Å². The molecule has 3 aliphatic heterocycles. The molecule has 3 heterocycles. The van der Waals surface area contributed by atoms with Crippen molar-refractivity contribution in [2.24, 2.45) is 5.92 Å². The molecule has 1 atom stereocenters. The lowest BCUT2D eigenvalue weighted by molar-refractivity contribution is -0.182. The summed E-state index contributed by atoms with van der Waals surface area (Å²) in [6, 6.07) is 9.78. The number of amides is 2. The van der Waals surface area contributed by atoms with Gasteiger partial charge in [-0.1, -0.05) is 0 Å². The summed E-state index contributed by atoms with van der Waals surface area (Å²) in [6.45, 7) is 5.88. The Bertz CT molecular complexity index is 1360. The summed E-state index contributed by atoms with van der Waals surface area (Å²) in [5, 5.41) is 6.53. The van der Waals surface area contributed by atoms with Gasteiger partial charge >= 0.3 is 6.18 Å². The van der Waals surface area contributed by atoms with Crippen molar-refractivity contribution in [3.8, 4) is 5.75 Å². The maximum atomic E-state index is 14.5. The first-order chi connectivity index (χ1) is 21.7. The molecule has 1 unspecified atom stereocenters. The van der Waals surface area contributed by atoms with Crippen LogP contribution in [-0.4, -0.2) is 99.3 Å².